The molecule has 1 atom stereocenters. The highest BCUT2D eigenvalue weighted by Crippen LogP contribution is 2.47. The molecule has 0 amide bonds. The molecule has 0 spiro atoms. The largest absolute Gasteiger partial charge is 0.490 e. The van der Waals surface area contributed by atoms with Crippen LogP contribution in [0.1, 0.15) is 48.2 Å². The third kappa shape index (κ3) is 3.87. The monoisotopic (exact) mass is 443 g/mol. The Hall–Kier alpha value is -3.98. The fraction of sp³-hybridized carbons (Fsp3) is 0.259. The molecule has 0 aromatic heterocycles. The van der Waals surface area contributed by atoms with Gasteiger partial charge in [0.2, 0.25) is 0 Å². The summed E-state index contributed by atoms with van der Waals surface area (Å²) in [5.74, 6) is 2.24. The number of fused-ring (bicyclic) bond motifs is 2. The second-order valence-corrected chi connectivity index (χ2v) is 7.61. The Morgan fingerprint density at radius 2 is 1.82 bits per heavy atom. The second-order valence-electron chi connectivity index (χ2n) is 7.61. The van der Waals surface area contributed by atoms with E-state index in [0.717, 1.165) is 16.8 Å². The van der Waals surface area contributed by atoms with E-state index in [0.29, 0.717) is 40.5 Å². The van der Waals surface area contributed by atoms with Crippen LogP contribution in [-0.4, -0.2) is 31.6 Å². The van der Waals surface area contributed by atoms with E-state index < -0.39 is 11.9 Å². The Balaban J connectivity index is 1.89. The number of hydrogen-bond acceptors (Lipinski definition) is 6. The first kappa shape index (κ1) is 22.2. The molecule has 0 unspecified atom stereocenters. The van der Waals surface area contributed by atoms with Crippen molar-refractivity contribution in [3.8, 4) is 23.8 Å². The third-order valence-corrected chi connectivity index (χ3v) is 5.66. The molecule has 0 saturated carbocycles. The van der Waals surface area contributed by atoms with Gasteiger partial charge >= 0.3 is 5.97 Å². The number of hydrogen-bond donors (Lipinski definition) is 1. The predicted molar refractivity (Wildman–Crippen MR) is 125 cm³/mol. The lowest BCUT2D eigenvalue weighted by atomic mass is 9.79. The summed E-state index contributed by atoms with van der Waals surface area (Å²) in [5.41, 5.74) is 4.44. The van der Waals surface area contributed by atoms with E-state index in [9.17, 15) is 9.59 Å². The molecule has 6 heteroatoms. The normalized spacial score (nSPS) is 16.5. The van der Waals surface area contributed by atoms with Crippen LogP contribution >= 0.6 is 0 Å². The molecule has 2 aliphatic rings. The number of ketones is 1. The van der Waals surface area contributed by atoms with Gasteiger partial charge in [-0.05, 0) is 38.5 Å². The average molecular weight is 443 g/mol. The number of rotatable bonds is 7. The molecule has 6 nitrogen and oxygen atoms in total. The van der Waals surface area contributed by atoms with Crippen LogP contribution in [0.25, 0.3) is 5.70 Å². The van der Waals surface area contributed by atoms with E-state index in [-0.39, 0.29) is 19.0 Å². The summed E-state index contributed by atoms with van der Waals surface area (Å²) in [4.78, 5) is 26.6. The molecule has 33 heavy (non-hydrogen) atoms. The average Bonchev–Trinajstić information content (AvgIpc) is 3.09. The number of esters is 1. The Kier molecular flexibility index (Phi) is 6.23. The molecular formula is C27H25NO5. The van der Waals surface area contributed by atoms with E-state index in [1.54, 1.807) is 25.1 Å². The number of carbonyl (C=O) groups is 2. The molecule has 1 aliphatic carbocycles. The summed E-state index contributed by atoms with van der Waals surface area (Å²) in [6.07, 6.45) is 5.33. The molecule has 168 valence electrons. The number of nitrogens with one attached hydrogen (secondary N) is 1. The number of carbonyl (C=O) groups excluding carboxylic acids is 2. The van der Waals surface area contributed by atoms with Crippen molar-refractivity contribution in [3.05, 3.63) is 76.0 Å². The molecular weight excluding hydrogens is 418 g/mol. The van der Waals surface area contributed by atoms with Gasteiger partial charge in [0.25, 0.3) is 0 Å². The lowest BCUT2D eigenvalue weighted by Crippen LogP contribution is -2.29. The molecule has 0 saturated heterocycles. The minimum absolute atomic E-state index is 0.100. The molecule has 1 heterocycles. The van der Waals surface area contributed by atoms with Crippen molar-refractivity contribution in [1.29, 1.82) is 0 Å². The minimum Gasteiger partial charge on any atom is -0.490 e. The van der Waals surface area contributed by atoms with E-state index in [4.69, 9.17) is 20.6 Å². The van der Waals surface area contributed by atoms with Crippen molar-refractivity contribution in [2.75, 3.05) is 19.8 Å². The second kappa shape index (κ2) is 9.25. The Morgan fingerprint density at radius 3 is 2.52 bits per heavy atom. The molecule has 0 bridgehead atoms. The van der Waals surface area contributed by atoms with Gasteiger partial charge in [-0.1, -0.05) is 36.3 Å². The Morgan fingerprint density at radius 1 is 1.06 bits per heavy atom. The smallest absolute Gasteiger partial charge is 0.336 e. The van der Waals surface area contributed by atoms with Crippen molar-refractivity contribution >= 4 is 17.4 Å². The fourth-order valence-corrected chi connectivity index (χ4v) is 4.35. The van der Waals surface area contributed by atoms with Gasteiger partial charge in [0.05, 0.1) is 24.5 Å². The van der Waals surface area contributed by atoms with Crippen LogP contribution in [0.4, 0.5) is 0 Å². The zero-order valence-electron chi connectivity index (χ0n) is 18.9. The van der Waals surface area contributed by atoms with Crippen molar-refractivity contribution in [2.24, 2.45) is 0 Å². The first-order valence-corrected chi connectivity index (χ1v) is 10.9. The molecule has 4 rings (SSSR count). The van der Waals surface area contributed by atoms with Gasteiger partial charge in [-0.25, -0.2) is 4.79 Å². The summed E-state index contributed by atoms with van der Waals surface area (Å²) in [6, 6.07) is 12.8. The summed E-state index contributed by atoms with van der Waals surface area (Å²) in [5, 5.41) is 3.29. The topological polar surface area (TPSA) is 73.9 Å². The maximum atomic E-state index is 13.5. The Labute approximate surface area is 193 Å². The lowest BCUT2D eigenvalue weighted by molar-refractivity contribution is -0.138. The van der Waals surface area contributed by atoms with Gasteiger partial charge in [0.15, 0.2) is 17.3 Å². The van der Waals surface area contributed by atoms with Crippen LogP contribution in [0.5, 0.6) is 11.5 Å². The quantitative estimate of drug-likeness (QED) is 0.510. The van der Waals surface area contributed by atoms with Gasteiger partial charge in [0.1, 0.15) is 6.61 Å². The van der Waals surface area contributed by atoms with E-state index in [1.807, 2.05) is 38.1 Å². The highest BCUT2D eigenvalue weighted by Gasteiger charge is 2.43. The van der Waals surface area contributed by atoms with Gasteiger partial charge in [-0.15, -0.1) is 6.42 Å². The summed E-state index contributed by atoms with van der Waals surface area (Å²) in [7, 11) is 0. The van der Waals surface area contributed by atoms with Crippen molar-refractivity contribution in [2.45, 2.75) is 26.7 Å². The number of Topliss-reactive ketones (excluding diaryl/α,β-unsaturated/α-hetero) is 1. The van der Waals surface area contributed by atoms with Gasteiger partial charge in [-0.3, -0.25) is 4.79 Å². The number of dihydropyridines is 1. The number of benzene rings is 2. The Bertz CT molecular complexity index is 1230. The van der Waals surface area contributed by atoms with Crippen molar-refractivity contribution < 1.29 is 23.8 Å². The summed E-state index contributed by atoms with van der Waals surface area (Å²) in [6.45, 7) is 6.19. The van der Waals surface area contributed by atoms with Crippen LogP contribution < -0.4 is 14.8 Å². The number of terminal acetylenes is 1. The molecule has 2 aromatic carbocycles. The molecule has 0 radical (unpaired) electrons. The highest BCUT2D eigenvalue weighted by molar-refractivity contribution is 6.23. The van der Waals surface area contributed by atoms with E-state index in [1.165, 1.54) is 0 Å². The summed E-state index contributed by atoms with van der Waals surface area (Å²) < 4.78 is 16.8. The predicted octanol–water partition coefficient (Wildman–Crippen LogP) is 4.23. The van der Waals surface area contributed by atoms with Gasteiger partial charge in [0, 0.05) is 28.3 Å². The maximum absolute atomic E-state index is 13.5. The van der Waals surface area contributed by atoms with Crippen LogP contribution in [0.15, 0.2) is 59.3 Å². The zero-order valence-corrected chi connectivity index (χ0v) is 18.9. The third-order valence-electron chi connectivity index (χ3n) is 5.66. The summed E-state index contributed by atoms with van der Waals surface area (Å²) >= 11 is 0. The van der Waals surface area contributed by atoms with Crippen LogP contribution in [0.3, 0.4) is 0 Å². The lowest BCUT2D eigenvalue weighted by Gasteiger charge is -2.29. The molecule has 2 aromatic rings. The minimum atomic E-state index is -0.624. The van der Waals surface area contributed by atoms with Crippen LogP contribution in [0, 0.1) is 12.3 Å². The van der Waals surface area contributed by atoms with Crippen molar-refractivity contribution in [3.63, 3.8) is 0 Å². The molecule has 1 N–H and O–H groups in total. The SMILES string of the molecule is C#CCOc1ccc([C@@H]2C(C(=O)OCC)=C(C)NC3=C2C(=O)c2ccccc23)cc1OCC. The van der Waals surface area contributed by atoms with E-state index in [2.05, 4.69) is 11.2 Å². The highest BCUT2D eigenvalue weighted by atomic mass is 16.5. The zero-order chi connectivity index (χ0) is 23.5. The van der Waals surface area contributed by atoms with Gasteiger partial charge < -0.3 is 19.5 Å². The molecule has 1 aliphatic heterocycles. The van der Waals surface area contributed by atoms with E-state index >= 15 is 0 Å². The van der Waals surface area contributed by atoms with Crippen LogP contribution in [0.2, 0.25) is 0 Å². The fourth-order valence-electron chi connectivity index (χ4n) is 4.35. The number of allylic oxidation sites excluding steroid dienone is 2. The van der Waals surface area contributed by atoms with Crippen LogP contribution in [-0.2, 0) is 9.53 Å². The molecule has 0 fully saturated rings. The van der Waals surface area contributed by atoms with Gasteiger partial charge in [-0.2, -0.15) is 0 Å². The first-order valence-electron chi connectivity index (χ1n) is 10.9. The maximum Gasteiger partial charge on any atom is 0.336 e. The standard InChI is InChI=1S/C27H25NO5/c1-5-14-33-20-13-12-17(15-21(20)31-6-2)23-22(27(30)32-7-3)16(4)28-25-18-10-8-9-11-19(18)26(29)24(23)25/h1,8-13,15,23,28H,6-7,14H2,2-4H3/t23-/m1/s1. The van der Waals surface area contributed by atoms with Crippen molar-refractivity contribution in [1.82, 2.24) is 5.32 Å². The first-order chi connectivity index (χ1) is 16.0. The number of ether oxygens (including phenoxy) is 3.